The third kappa shape index (κ3) is 4.41. The molecule has 6 nitrogen and oxygen atoms in total. The molecule has 2 amide bonds. The number of nitrogens with zero attached hydrogens (tertiary/aromatic N) is 3. The van der Waals surface area contributed by atoms with Crippen LogP contribution in [-0.2, 0) is 6.42 Å². The van der Waals surface area contributed by atoms with E-state index in [4.69, 9.17) is 5.73 Å². The van der Waals surface area contributed by atoms with Crippen molar-refractivity contribution in [2.75, 3.05) is 13.1 Å². The van der Waals surface area contributed by atoms with Gasteiger partial charge in [-0.25, -0.2) is 9.97 Å². The normalized spacial score (nSPS) is 17.8. The number of likely N-dealkylation sites (tertiary alicyclic amines) is 1. The van der Waals surface area contributed by atoms with E-state index < -0.39 is 5.91 Å². The number of nitrogens with two attached hydrogens (primary N) is 1. The first-order valence-corrected chi connectivity index (χ1v) is 8.58. The van der Waals surface area contributed by atoms with E-state index in [2.05, 4.69) is 9.97 Å². The van der Waals surface area contributed by atoms with Crippen molar-refractivity contribution in [3.05, 3.63) is 59.7 Å². The van der Waals surface area contributed by atoms with E-state index in [9.17, 15) is 9.59 Å². The van der Waals surface area contributed by atoms with E-state index in [0.29, 0.717) is 5.92 Å². The van der Waals surface area contributed by atoms with Crippen LogP contribution < -0.4 is 5.73 Å². The number of rotatable bonds is 4. The van der Waals surface area contributed by atoms with Gasteiger partial charge in [-0.3, -0.25) is 9.59 Å². The zero-order chi connectivity index (χ0) is 17.6. The number of hydrogen-bond donors (Lipinski definition) is 1. The molecule has 25 heavy (non-hydrogen) atoms. The summed E-state index contributed by atoms with van der Waals surface area (Å²) in [5.41, 5.74) is 7.09. The van der Waals surface area contributed by atoms with E-state index in [1.807, 2.05) is 35.2 Å². The molecule has 1 saturated heterocycles. The number of amides is 2. The molecule has 0 radical (unpaired) electrons. The van der Waals surface area contributed by atoms with Crippen LogP contribution in [0.4, 0.5) is 0 Å². The van der Waals surface area contributed by atoms with Crippen molar-refractivity contribution in [2.24, 2.45) is 11.7 Å². The molecule has 0 aliphatic carbocycles. The van der Waals surface area contributed by atoms with Gasteiger partial charge in [0.05, 0.1) is 0 Å². The minimum atomic E-state index is -0.538. The van der Waals surface area contributed by atoms with Gasteiger partial charge in [0.15, 0.2) is 0 Å². The SMILES string of the molecule is NC(=O)c1cc(C[C@H]2CCCN(C(=O)c3ccccc3)CC2)ncn1. The van der Waals surface area contributed by atoms with E-state index in [0.717, 1.165) is 50.0 Å². The van der Waals surface area contributed by atoms with Crippen LogP contribution in [0.15, 0.2) is 42.7 Å². The molecule has 130 valence electrons. The average Bonchev–Trinajstić information content (AvgIpc) is 2.87. The van der Waals surface area contributed by atoms with Crippen LogP contribution in [0, 0.1) is 5.92 Å². The van der Waals surface area contributed by atoms with Gasteiger partial charge < -0.3 is 10.6 Å². The van der Waals surface area contributed by atoms with Crippen LogP contribution in [0.3, 0.4) is 0 Å². The van der Waals surface area contributed by atoms with E-state index >= 15 is 0 Å². The molecule has 1 aliphatic rings. The minimum absolute atomic E-state index is 0.0966. The number of aromatic nitrogens is 2. The maximum Gasteiger partial charge on any atom is 0.267 e. The van der Waals surface area contributed by atoms with Crippen LogP contribution in [0.5, 0.6) is 0 Å². The summed E-state index contributed by atoms with van der Waals surface area (Å²) in [7, 11) is 0. The molecule has 2 heterocycles. The fraction of sp³-hybridized carbons (Fsp3) is 0.368. The van der Waals surface area contributed by atoms with Gasteiger partial charge in [-0.1, -0.05) is 18.2 Å². The highest BCUT2D eigenvalue weighted by atomic mass is 16.2. The second-order valence-corrected chi connectivity index (χ2v) is 6.42. The van der Waals surface area contributed by atoms with Crippen molar-refractivity contribution < 1.29 is 9.59 Å². The monoisotopic (exact) mass is 338 g/mol. The van der Waals surface area contributed by atoms with Gasteiger partial charge >= 0.3 is 0 Å². The number of carbonyl (C=O) groups excluding carboxylic acids is 2. The van der Waals surface area contributed by atoms with Crippen LogP contribution >= 0.6 is 0 Å². The molecule has 1 aliphatic heterocycles. The van der Waals surface area contributed by atoms with Crippen molar-refractivity contribution >= 4 is 11.8 Å². The molecule has 1 atom stereocenters. The first kappa shape index (κ1) is 17.1. The van der Waals surface area contributed by atoms with Gasteiger partial charge in [-0.05, 0) is 49.8 Å². The highest BCUT2D eigenvalue weighted by Gasteiger charge is 2.22. The summed E-state index contributed by atoms with van der Waals surface area (Å²) in [6.07, 6.45) is 5.09. The molecular weight excluding hydrogens is 316 g/mol. The Kier molecular flexibility index (Phi) is 5.38. The van der Waals surface area contributed by atoms with Crippen molar-refractivity contribution in [2.45, 2.75) is 25.7 Å². The van der Waals surface area contributed by atoms with Gasteiger partial charge in [0, 0.05) is 24.3 Å². The fourth-order valence-electron chi connectivity index (χ4n) is 3.28. The van der Waals surface area contributed by atoms with E-state index in [-0.39, 0.29) is 11.6 Å². The second-order valence-electron chi connectivity index (χ2n) is 6.42. The van der Waals surface area contributed by atoms with Crippen molar-refractivity contribution in [1.82, 2.24) is 14.9 Å². The number of benzene rings is 1. The van der Waals surface area contributed by atoms with Gasteiger partial charge in [0.2, 0.25) is 0 Å². The summed E-state index contributed by atoms with van der Waals surface area (Å²) in [6.45, 7) is 1.52. The van der Waals surface area contributed by atoms with Crippen LogP contribution in [0.2, 0.25) is 0 Å². The molecule has 0 bridgehead atoms. The molecule has 0 spiro atoms. The molecule has 0 unspecified atom stereocenters. The third-order valence-corrected chi connectivity index (χ3v) is 4.63. The van der Waals surface area contributed by atoms with Gasteiger partial charge in [-0.15, -0.1) is 0 Å². The standard InChI is InChI=1S/C19H22N4O2/c20-18(24)17-12-16(21-13-22-17)11-14-5-4-9-23(10-8-14)19(25)15-6-2-1-3-7-15/h1-3,6-7,12-14H,4-5,8-11H2,(H2,20,24)/t14-/m0/s1. The van der Waals surface area contributed by atoms with E-state index in [1.54, 1.807) is 6.07 Å². The highest BCUT2D eigenvalue weighted by Crippen LogP contribution is 2.22. The third-order valence-electron chi connectivity index (χ3n) is 4.63. The van der Waals surface area contributed by atoms with Crippen LogP contribution in [0.1, 0.15) is 45.8 Å². The average molecular weight is 338 g/mol. The molecular formula is C19H22N4O2. The Hall–Kier alpha value is -2.76. The Labute approximate surface area is 147 Å². The maximum absolute atomic E-state index is 12.6. The second kappa shape index (κ2) is 7.88. The van der Waals surface area contributed by atoms with Crippen molar-refractivity contribution in [3.8, 4) is 0 Å². The smallest absolute Gasteiger partial charge is 0.267 e. The Bertz CT molecular complexity index is 748. The number of carbonyl (C=O) groups is 2. The first-order valence-electron chi connectivity index (χ1n) is 8.58. The van der Waals surface area contributed by atoms with Crippen molar-refractivity contribution in [3.63, 3.8) is 0 Å². The summed E-state index contributed by atoms with van der Waals surface area (Å²) in [4.78, 5) is 33.9. The molecule has 6 heteroatoms. The van der Waals surface area contributed by atoms with Crippen molar-refractivity contribution in [1.29, 1.82) is 0 Å². The zero-order valence-electron chi connectivity index (χ0n) is 14.1. The zero-order valence-corrected chi connectivity index (χ0v) is 14.1. The molecule has 2 N–H and O–H groups in total. The highest BCUT2D eigenvalue weighted by molar-refractivity contribution is 5.94. The quantitative estimate of drug-likeness (QED) is 0.924. The van der Waals surface area contributed by atoms with Crippen LogP contribution in [0.25, 0.3) is 0 Å². The number of hydrogen-bond acceptors (Lipinski definition) is 4. The molecule has 3 rings (SSSR count). The lowest BCUT2D eigenvalue weighted by Crippen LogP contribution is -2.32. The largest absolute Gasteiger partial charge is 0.364 e. The topological polar surface area (TPSA) is 89.2 Å². The Balaban J connectivity index is 1.61. The fourth-order valence-corrected chi connectivity index (χ4v) is 3.28. The summed E-state index contributed by atoms with van der Waals surface area (Å²) in [6, 6.07) is 11.1. The predicted molar refractivity (Wildman–Crippen MR) is 93.9 cm³/mol. The maximum atomic E-state index is 12.6. The van der Waals surface area contributed by atoms with Gasteiger partial charge in [-0.2, -0.15) is 0 Å². The van der Waals surface area contributed by atoms with Crippen LogP contribution in [-0.4, -0.2) is 39.8 Å². The Morgan fingerprint density at radius 2 is 1.92 bits per heavy atom. The molecule has 0 saturated carbocycles. The minimum Gasteiger partial charge on any atom is -0.364 e. The number of primary amides is 1. The lowest BCUT2D eigenvalue weighted by atomic mass is 9.95. The molecule has 1 aromatic carbocycles. The van der Waals surface area contributed by atoms with E-state index in [1.165, 1.54) is 6.33 Å². The Morgan fingerprint density at radius 3 is 2.68 bits per heavy atom. The lowest BCUT2D eigenvalue weighted by Gasteiger charge is -2.20. The summed E-state index contributed by atoms with van der Waals surface area (Å²) in [5, 5.41) is 0. The van der Waals surface area contributed by atoms with Gasteiger partial charge in [0.25, 0.3) is 11.8 Å². The summed E-state index contributed by atoms with van der Waals surface area (Å²) >= 11 is 0. The summed E-state index contributed by atoms with van der Waals surface area (Å²) < 4.78 is 0. The Morgan fingerprint density at radius 1 is 1.12 bits per heavy atom. The molecule has 2 aromatic rings. The van der Waals surface area contributed by atoms with Gasteiger partial charge in [0.1, 0.15) is 12.0 Å². The first-order chi connectivity index (χ1) is 12.1. The molecule has 1 fully saturated rings. The summed E-state index contributed by atoms with van der Waals surface area (Å²) in [5.74, 6) is -0.00681. The molecule has 1 aromatic heterocycles. The predicted octanol–water partition coefficient (Wildman–Crippen LogP) is 2.06. The lowest BCUT2D eigenvalue weighted by molar-refractivity contribution is 0.0759.